The second-order valence-electron chi connectivity index (χ2n) is 10.6. The van der Waals surface area contributed by atoms with E-state index in [4.69, 9.17) is 9.47 Å². The predicted molar refractivity (Wildman–Crippen MR) is 163 cm³/mol. The maximum atomic E-state index is 13.9. The summed E-state index contributed by atoms with van der Waals surface area (Å²) in [5.74, 6) is 0.477. The Morgan fingerprint density at radius 2 is 1.24 bits per heavy atom. The van der Waals surface area contributed by atoms with Gasteiger partial charge in [-0.15, -0.1) is 0 Å². The molecule has 2 amide bonds. The van der Waals surface area contributed by atoms with Crippen molar-refractivity contribution in [3.63, 3.8) is 0 Å². The van der Waals surface area contributed by atoms with Crippen LogP contribution in [0.2, 0.25) is 0 Å². The van der Waals surface area contributed by atoms with Crippen LogP contribution in [0.1, 0.15) is 104 Å². The maximum Gasteiger partial charge on any atom is 0.261 e. The second kappa shape index (κ2) is 17.9. The monoisotopic (exact) mass is 559 g/mol. The first-order chi connectivity index (χ1) is 20.0. The first kappa shape index (κ1) is 31.9. The number of hydrogen-bond acceptors (Lipinski definition) is 4. The zero-order valence-electron chi connectivity index (χ0n) is 25.1. The molecule has 0 atom stereocenters. The third-order valence-corrected chi connectivity index (χ3v) is 7.20. The second-order valence-corrected chi connectivity index (χ2v) is 10.6. The maximum absolute atomic E-state index is 13.9. The molecule has 6 nitrogen and oxygen atoms in total. The Morgan fingerprint density at radius 1 is 0.659 bits per heavy atom. The van der Waals surface area contributed by atoms with Crippen LogP contribution in [0.5, 0.6) is 11.5 Å². The van der Waals surface area contributed by atoms with Crippen LogP contribution in [0.15, 0.2) is 72.9 Å². The summed E-state index contributed by atoms with van der Waals surface area (Å²) >= 11 is 0. The number of carbonyl (C=O) groups excluding carboxylic acids is 2. The molecule has 0 bridgehead atoms. The highest BCUT2D eigenvalue weighted by atomic mass is 16.5. The van der Waals surface area contributed by atoms with Crippen LogP contribution < -0.4 is 14.0 Å². The van der Waals surface area contributed by atoms with Crippen molar-refractivity contribution >= 4 is 11.8 Å². The number of nitrogens with zero attached hydrogens (tertiary/aromatic N) is 2. The molecule has 0 saturated heterocycles. The molecule has 6 heteroatoms. The fraction of sp³-hybridized carbons (Fsp3) is 0.457. The summed E-state index contributed by atoms with van der Waals surface area (Å²) < 4.78 is 14.2. The number of unbranched alkanes of at least 4 members (excludes halogenated alkanes) is 8. The molecule has 0 radical (unpaired) electrons. The van der Waals surface area contributed by atoms with E-state index in [0.29, 0.717) is 35.8 Å². The fourth-order valence-corrected chi connectivity index (χ4v) is 4.66. The Kier molecular flexibility index (Phi) is 13.9. The smallest absolute Gasteiger partial charge is 0.261 e. The largest absolute Gasteiger partial charge is 0.490 e. The molecule has 3 aromatic rings. The van der Waals surface area contributed by atoms with Gasteiger partial charge in [0.15, 0.2) is 17.7 Å². The van der Waals surface area contributed by atoms with Crippen molar-refractivity contribution in [3.8, 4) is 11.5 Å². The molecule has 0 fully saturated rings. The minimum Gasteiger partial charge on any atom is -0.490 e. The van der Waals surface area contributed by atoms with Gasteiger partial charge in [-0.2, -0.15) is 0 Å². The number of carbonyl (C=O) groups is 2. The average Bonchev–Trinajstić information content (AvgIpc) is 3.00. The lowest BCUT2D eigenvalue weighted by molar-refractivity contribution is -0.679. The Bertz CT molecular complexity index is 1210. The fourth-order valence-electron chi connectivity index (χ4n) is 4.66. The molecule has 0 spiro atoms. The number of benzene rings is 2. The lowest BCUT2D eigenvalue weighted by Gasteiger charge is -2.21. The van der Waals surface area contributed by atoms with Gasteiger partial charge in [-0.05, 0) is 43.2 Å². The lowest BCUT2D eigenvalue weighted by atomic mass is 10.1. The van der Waals surface area contributed by atoms with E-state index in [9.17, 15) is 9.59 Å². The van der Waals surface area contributed by atoms with Gasteiger partial charge in [0.1, 0.15) is 13.6 Å². The highest BCUT2D eigenvalue weighted by Gasteiger charge is 2.28. The molecule has 1 aromatic heterocycles. The van der Waals surface area contributed by atoms with E-state index in [1.807, 2.05) is 42.1 Å². The summed E-state index contributed by atoms with van der Waals surface area (Å²) in [6, 6.07) is 20.0. The van der Waals surface area contributed by atoms with Crippen LogP contribution in [-0.4, -0.2) is 29.9 Å². The van der Waals surface area contributed by atoms with Crippen molar-refractivity contribution in [1.29, 1.82) is 0 Å². The molecular weight excluding hydrogens is 512 g/mol. The average molecular weight is 560 g/mol. The van der Waals surface area contributed by atoms with Crippen LogP contribution in [0.25, 0.3) is 0 Å². The van der Waals surface area contributed by atoms with Crippen molar-refractivity contribution in [1.82, 2.24) is 4.90 Å². The Balaban J connectivity index is 1.83. The van der Waals surface area contributed by atoms with Gasteiger partial charge in [0, 0.05) is 23.3 Å². The van der Waals surface area contributed by atoms with Gasteiger partial charge in [-0.3, -0.25) is 14.5 Å². The number of amides is 2. The minimum atomic E-state index is -0.374. The molecule has 0 aliphatic carbocycles. The summed E-state index contributed by atoms with van der Waals surface area (Å²) in [6.45, 7) is 5.72. The highest BCUT2D eigenvalue weighted by Crippen LogP contribution is 2.30. The van der Waals surface area contributed by atoms with Gasteiger partial charge in [-0.1, -0.05) is 89.5 Å². The van der Waals surface area contributed by atoms with E-state index in [1.54, 1.807) is 42.5 Å². The quantitative estimate of drug-likeness (QED) is 0.0911. The van der Waals surface area contributed by atoms with E-state index >= 15 is 0 Å². The van der Waals surface area contributed by atoms with Gasteiger partial charge in [-0.25, -0.2) is 4.57 Å². The zero-order valence-corrected chi connectivity index (χ0v) is 25.1. The normalized spacial score (nSPS) is 10.8. The van der Waals surface area contributed by atoms with Crippen molar-refractivity contribution in [2.75, 3.05) is 13.2 Å². The van der Waals surface area contributed by atoms with E-state index < -0.39 is 0 Å². The number of aryl methyl sites for hydroxylation is 1. The topological polar surface area (TPSA) is 59.7 Å². The van der Waals surface area contributed by atoms with Crippen LogP contribution in [-0.2, 0) is 13.6 Å². The molecule has 1 heterocycles. The number of ether oxygens (including phenoxy) is 2. The van der Waals surface area contributed by atoms with Gasteiger partial charge < -0.3 is 9.47 Å². The number of pyridine rings is 1. The van der Waals surface area contributed by atoms with Crippen LogP contribution in [0, 0.1) is 0 Å². The van der Waals surface area contributed by atoms with E-state index in [0.717, 1.165) is 31.4 Å². The summed E-state index contributed by atoms with van der Waals surface area (Å²) in [6.07, 6.45) is 13.3. The van der Waals surface area contributed by atoms with E-state index in [2.05, 4.69) is 13.8 Å². The third-order valence-electron chi connectivity index (χ3n) is 7.20. The molecule has 41 heavy (non-hydrogen) atoms. The zero-order chi connectivity index (χ0) is 29.3. The van der Waals surface area contributed by atoms with Gasteiger partial charge >= 0.3 is 0 Å². The molecule has 0 aliphatic heterocycles. The molecule has 220 valence electrons. The Hall–Kier alpha value is -3.67. The van der Waals surface area contributed by atoms with E-state index in [1.165, 1.54) is 43.4 Å². The molecule has 0 N–H and O–H groups in total. The van der Waals surface area contributed by atoms with Crippen LogP contribution in [0.3, 0.4) is 0 Å². The molecule has 0 saturated carbocycles. The molecular formula is C35H47N2O4+. The van der Waals surface area contributed by atoms with Crippen molar-refractivity contribution in [3.05, 3.63) is 89.7 Å². The molecule has 3 rings (SSSR count). The lowest BCUT2D eigenvalue weighted by Crippen LogP contribution is -2.42. The Labute approximate surface area is 246 Å². The first-order valence-corrected chi connectivity index (χ1v) is 15.3. The number of rotatable bonds is 18. The number of imide groups is 1. The molecule has 0 unspecified atom stereocenters. The third kappa shape index (κ3) is 10.3. The predicted octanol–water partition coefficient (Wildman–Crippen LogP) is 7.69. The highest BCUT2D eigenvalue weighted by molar-refractivity contribution is 6.10. The summed E-state index contributed by atoms with van der Waals surface area (Å²) in [5, 5.41) is 0. The van der Waals surface area contributed by atoms with Gasteiger partial charge in [0.25, 0.3) is 11.8 Å². The summed E-state index contributed by atoms with van der Waals surface area (Å²) in [4.78, 5) is 28.9. The van der Waals surface area contributed by atoms with Crippen LogP contribution >= 0.6 is 0 Å². The van der Waals surface area contributed by atoms with Crippen LogP contribution in [0.4, 0.5) is 0 Å². The number of aromatic nitrogens is 1. The van der Waals surface area contributed by atoms with E-state index in [-0.39, 0.29) is 18.4 Å². The SMILES string of the molecule is CCCCCCCOc1ccc(C(=O)N(Cc2cccc[n+]2C)C(=O)c2ccccc2)cc1OCCCCCCC. The van der Waals surface area contributed by atoms with Crippen molar-refractivity contribution < 1.29 is 23.6 Å². The van der Waals surface area contributed by atoms with Gasteiger partial charge in [0.2, 0.25) is 5.69 Å². The minimum absolute atomic E-state index is 0.146. The van der Waals surface area contributed by atoms with Crippen molar-refractivity contribution in [2.45, 2.75) is 84.6 Å². The summed E-state index contributed by atoms with van der Waals surface area (Å²) in [5.41, 5.74) is 1.70. The summed E-state index contributed by atoms with van der Waals surface area (Å²) in [7, 11) is 1.91. The first-order valence-electron chi connectivity index (χ1n) is 15.3. The van der Waals surface area contributed by atoms with Gasteiger partial charge in [0.05, 0.1) is 13.2 Å². The molecule has 2 aromatic carbocycles. The standard InChI is InChI=1S/C35H47N2O4/c1-4-6-8-10-17-25-40-32-23-22-30(27-33(32)41-26-18-11-9-7-5-2)35(39)37(28-31-21-15-16-24-36(31)3)34(38)29-19-13-12-14-20-29/h12-16,19-24,27H,4-11,17-18,25-26,28H2,1-3H3/q+1. The number of hydrogen-bond donors (Lipinski definition) is 0. The molecule has 0 aliphatic rings. The van der Waals surface area contributed by atoms with Crippen molar-refractivity contribution in [2.24, 2.45) is 7.05 Å². The Morgan fingerprint density at radius 3 is 1.88 bits per heavy atom.